The van der Waals surface area contributed by atoms with Gasteiger partial charge in [0.2, 0.25) is 17.7 Å². The first-order chi connectivity index (χ1) is 20.2. The maximum atomic E-state index is 14.3. The molecule has 0 aromatic heterocycles. The van der Waals surface area contributed by atoms with Crippen LogP contribution in [0.25, 0.3) is 0 Å². The summed E-state index contributed by atoms with van der Waals surface area (Å²) in [5.41, 5.74) is 2.17. The highest BCUT2D eigenvalue weighted by atomic mass is 16.6. The van der Waals surface area contributed by atoms with Gasteiger partial charge in [-0.15, -0.1) is 0 Å². The number of hydrogen-bond acceptors (Lipinski definition) is 6. The fourth-order valence-electron chi connectivity index (χ4n) is 5.83. The second-order valence-electron chi connectivity index (χ2n) is 12.4. The van der Waals surface area contributed by atoms with Crippen molar-refractivity contribution in [3.8, 4) is 0 Å². The minimum Gasteiger partial charge on any atom is -0.465 e. The van der Waals surface area contributed by atoms with Gasteiger partial charge < -0.3 is 20.6 Å². The predicted molar refractivity (Wildman–Crippen MR) is 158 cm³/mol. The van der Waals surface area contributed by atoms with E-state index < -0.39 is 52.3 Å². The summed E-state index contributed by atoms with van der Waals surface area (Å²) in [5.74, 6) is -1.63. The molecule has 2 aromatic carbocycles. The summed E-state index contributed by atoms with van der Waals surface area (Å²) in [6, 6.07) is 8.97. The number of aryl methyl sites for hydroxylation is 1. The predicted octanol–water partition coefficient (Wildman–Crippen LogP) is 3.57. The average Bonchev–Trinajstić information content (AvgIpc) is 2.97. The monoisotopic (exact) mass is 593 g/mol. The number of carboxylic acid groups (broad SMARTS) is 1. The number of nitrogens with one attached hydrogen (secondary N) is 2. The average molecular weight is 594 g/mol. The van der Waals surface area contributed by atoms with Gasteiger partial charge in [-0.3, -0.25) is 29.4 Å². The van der Waals surface area contributed by atoms with Crippen LogP contribution in [-0.2, 0) is 33.8 Å². The first-order valence-electron chi connectivity index (χ1n) is 14.4. The molecule has 4 rings (SSSR count). The van der Waals surface area contributed by atoms with Crippen molar-refractivity contribution < 1.29 is 29.2 Å². The lowest BCUT2D eigenvalue weighted by atomic mass is 9.83. The van der Waals surface area contributed by atoms with Gasteiger partial charge in [0, 0.05) is 31.6 Å². The lowest BCUT2D eigenvalue weighted by molar-refractivity contribution is -0.385. The Morgan fingerprint density at radius 2 is 1.77 bits per heavy atom. The Hall–Kier alpha value is -4.48. The molecule has 1 aliphatic carbocycles. The fraction of sp³-hybridized carbons (Fsp3) is 0.484. The summed E-state index contributed by atoms with van der Waals surface area (Å²) in [4.78, 5) is 66.5. The van der Waals surface area contributed by atoms with Crippen molar-refractivity contribution >= 4 is 29.5 Å². The van der Waals surface area contributed by atoms with Crippen molar-refractivity contribution in [2.24, 2.45) is 5.41 Å². The van der Waals surface area contributed by atoms with Crippen LogP contribution in [0.5, 0.6) is 0 Å². The molecule has 2 aliphatic rings. The molecule has 1 unspecified atom stereocenters. The minimum absolute atomic E-state index is 0.0672. The molecule has 0 saturated carbocycles. The van der Waals surface area contributed by atoms with Crippen molar-refractivity contribution in [3.05, 3.63) is 74.8 Å². The van der Waals surface area contributed by atoms with E-state index in [0.29, 0.717) is 11.1 Å². The van der Waals surface area contributed by atoms with Crippen molar-refractivity contribution in [1.82, 2.24) is 20.4 Å². The molecule has 12 heteroatoms. The summed E-state index contributed by atoms with van der Waals surface area (Å²) in [7, 11) is 1.26. The number of likely N-dealkylation sites (N-methyl/N-ethyl adjacent to an activating group) is 1. The fourth-order valence-corrected chi connectivity index (χ4v) is 5.83. The summed E-state index contributed by atoms with van der Waals surface area (Å²) in [5, 5.41) is 27.0. The van der Waals surface area contributed by atoms with E-state index in [1.165, 1.54) is 24.9 Å². The van der Waals surface area contributed by atoms with E-state index >= 15 is 0 Å². The number of rotatable bonds is 7. The quantitative estimate of drug-likeness (QED) is 0.326. The van der Waals surface area contributed by atoms with Gasteiger partial charge >= 0.3 is 6.09 Å². The van der Waals surface area contributed by atoms with E-state index in [1.807, 2.05) is 24.3 Å². The van der Waals surface area contributed by atoms with Gasteiger partial charge in [0.15, 0.2) is 0 Å². The van der Waals surface area contributed by atoms with E-state index in [0.717, 1.165) is 35.3 Å². The highest BCUT2D eigenvalue weighted by Crippen LogP contribution is 2.34. The smallest absolute Gasteiger partial charge is 0.407 e. The van der Waals surface area contributed by atoms with E-state index in [4.69, 9.17) is 0 Å². The molecule has 12 nitrogen and oxygen atoms in total. The summed E-state index contributed by atoms with van der Waals surface area (Å²) < 4.78 is 0. The number of fused-ring (bicyclic) bond motifs is 2. The van der Waals surface area contributed by atoms with Crippen LogP contribution in [0.15, 0.2) is 42.5 Å². The lowest BCUT2D eigenvalue weighted by Crippen LogP contribution is -2.62. The van der Waals surface area contributed by atoms with Crippen molar-refractivity contribution in [3.63, 3.8) is 0 Å². The van der Waals surface area contributed by atoms with Crippen LogP contribution >= 0.6 is 0 Å². The molecule has 43 heavy (non-hydrogen) atoms. The molecule has 0 spiro atoms. The topological polar surface area (TPSA) is 162 Å². The molecule has 3 N–H and O–H groups in total. The van der Waals surface area contributed by atoms with Crippen LogP contribution in [-0.4, -0.2) is 68.8 Å². The number of benzene rings is 2. The van der Waals surface area contributed by atoms with Gasteiger partial charge in [0.25, 0.3) is 5.69 Å². The normalized spacial score (nSPS) is 19.2. The van der Waals surface area contributed by atoms with Gasteiger partial charge in [-0.05, 0) is 48.3 Å². The molecule has 1 aliphatic heterocycles. The number of nitro benzene ring substituents is 1. The zero-order valence-corrected chi connectivity index (χ0v) is 25.1. The van der Waals surface area contributed by atoms with Gasteiger partial charge in [-0.1, -0.05) is 57.2 Å². The van der Waals surface area contributed by atoms with Crippen LogP contribution in [0.2, 0.25) is 0 Å². The summed E-state index contributed by atoms with van der Waals surface area (Å²) in [6.07, 6.45) is 1.14. The Labute approximate surface area is 250 Å². The van der Waals surface area contributed by atoms with Crippen LogP contribution in [0.1, 0.15) is 68.8 Å². The third-order valence-corrected chi connectivity index (χ3v) is 8.49. The lowest BCUT2D eigenvalue weighted by Gasteiger charge is -2.41. The van der Waals surface area contributed by atoms with Gasteiger partial charge in [0.05, 0.1) is 11.0 Å². The summed E-state index contributed by atoms with van der Waals surface area (Å²) >= 11 is 0. The highest BCUT2D eigenvalue weighted by Gasteiger charge is 2.44. The number of carbonyl (C=O) groups is 4. The third kappa shape index (κ3) is 6.63. The van der Waals surface area contributed by atoms with Crippen LogP contribution < -0.4 is 10.6 Å². The summed E-state index contributed by atoms with van der Waals surface area (Å²) in [6.45, 7) is 6.64. The maximum absolute atomic E-state index is 14.3. The standard InChI is InChI=1S/C31H39N5O7/c1-18(34(5)30(40)41)27(37)33-26(31(2,3)4)29(39)35-17-20-12-9-15-24(36(42)43)22(20)16-25(35)28(38)32-23-14-8-11-19-10-6-7-13-21(19)23/h6-7,9-10,12-13,15,18,23,25-26H,8,11,14,16-17H2,1-5H3,(H,32,38)(H,33,37)(H,40,41)/t18-,23+,25?,26+/m0/s1. The van der Waals surface area contributed by atoms with Crippen LogP contribution in [0.4, 0.5) is 10.5 Å². The first-order valence-corrected chi connectivity index (χ1v) is 14.4. The maximum Gasteiger partial charge on any atom is 0.407 e. The van der Waals surface area contributed by atoms with E-state index in [9.17, 15) is 34.4 Å². The number of carbonyl (C=O) groups excluding carboxylic acids is 3. The first kappa shape index (κ1) is 31.5. The SMILES string of the molecule is C[C@@H](C(=O)N[C@H](C(=O)N1Cc2cccc([N+](=O)[O-])c2CC1C(=O)N[C@@H]1CCCc2ccccc21)C(C)(C)C)N(C)C(=O)O. The third-order valence-electron chi connectivity index (χ3n) is 8.49. The Balaban J connectivity index is 1.69. The van der Waals surface area contributed by atoms with E-state index in [1.54, 1.807) is 32.9 Å². The second kappa shape index (κ2) is 12.4. The van der Waals surface area contributed by atoms with Gasteiger partial charge in [0.1, 0.15) is 18.1 Å². The molecule has 0 bridgehead atoms. The largest absolute Gasteiger partial charge is 0.465 e. The van der Waals surface area contributed by atoms with E-state index in [2.05, 4.69) is 10.6 Å². The molecule has 1 heterocycles. The number of nitrogens with zero attached hydrogens (tertiary/aromatic N) is 3. The minimum atomic E-state index is -1.29. The molecule has 4 amide bonds. The zero-order chi connectivity index (χ0) is 31.6. The molecule has 2 aromatic rings. The molecule has 4 atom stereocenters. The Morgan fingerprint density at radius 3 is 2.42 bits per heavy atom. The van der Waals surface area contributed by atoms with Crippen molar-refractivity contribution in [2.45, 2.75) is 84.1 Å². The molecular formula is C31H39N5O7. The van der Waals surface area contributed by atoms with Gasteiger partial charge in [-0.25, -0.2) is 4.79 Å². The number of amides is 4. The van der Waals surface area contributed by atoms with E-state index in [-0.39, 0.29) is 24.7 Å². The van der Waals surface area contributed by atoms with Crippen molar-refractivity contribution in [1.29, 1.82) is 0 Å². The number of hydrogen-bond donors (Lipinski definition) is 3. The van der Waals surface area contributed by atoms with Crippen molar-refractivity contribution in [2.75, 3.05) is 7.05 Å². The molecule has 0 radical (unpaired) electrons. The zero-order valence-electron chi connectivity index (χ0n) is 25.1. The molecule has 0 saturated heterocycles. The highest BCUT2D eigenvalue weighted by molar-refractivity contribution is 5.94. The Bertz CT molecular complexity index is 1440. The Morgan fingerprint density at radius 1 is 1.09 bits per heavy atom. The number of nitro groups is 1. The Kier molecular flexibility index (Phi) is 9.07. The molecular weight excluding hydrogens is 554 g/mol. The molecule has 230 valence electrons. The van der Waals surface area contributed by atoms with Crippen LogP contribution in [0, 0.1) is 15.5 Å². The molecule has 0 fully saturated rings. The van der Waals surface area contributed by atoms with Crippen LogP contribution in [0.3, 0.4) is 0 Å². The second-order valence-corrected chi connectivity index (χ2v) is 12.4. The van der Waals surface area contributed by atoms with Gasteiger partial charge in [-0.2, -0.15) is 0 Å².